The Balaban J connectivity index is 1.79. The van der Waals surface area contributed by atoms with Crippen LogP contribution in [0.15, 0.2) is 0 Å². The van der Waals surface area contributed by atoms with Gasteiger partial charge in [0.05, 0.1) is 65.0 Å². The highest BCUT2D eigenvalue weighted by Gasteiger charge is 2.45. The minimum absolute atomic E-state index is 0.000875. The van der Waals surface area contributed by atoms with Gasteiger partial charge in [-0.05, 0) is 78.6 Å². The van der Waals surface area contributed by atoms with Crippen LogP contribution in [0.5, 0.6) is 0 Å². The highest BCUT2D eigenvalue weighted by molar-refractivity contribution is 5.78. The summed E-state index contributed by atoms with van der Waals surface area (Å²) in [6.45, 7) is 6.13. The van der Waals surface area contributed by atoms with Gasteiger partial charge in [-0.2, -0.15) is 0 Å². The Bertz CT molecular complexity index is 1840. The summed E-state index contributed by atoms with van der Waals surface area (Å²) in [5.41, 5.74) is -1.55. The highest BCUT2D eigenvalue weighted by atomic mass is 16.7. The zero-order valence-corrected chi connectivity index (χ0v) is 51.4. The molecule has 0 saturated carbocycles. The molecule has 88 heavy (non-hydrogen) atoms. The van der Waals surface area contributed by atoms with Crippen LogP contribution in [0.3, 0.4) is 0 Å². The van der Waals surface area contributed by atoms with Crippen molar-refractivity contribution >= 4 is 35.4 Å². The molecule has 32 heteroatoms. The van der Waals surface area contributed by atoms with Crippen LogP contribution in [0, 0.1) is 0 Å². The van der Waals surface area contributed by atoms with Crippen molar-refractivity contribution in [3.8, 4) is 0 Å². The topological polar surface area (TPSA) is 483 Å². The van der Waals surface area contributed by atoms with E-state index in [2.05, 4.69) is 37.2 Å². The SMILES string of the molecule is CC(C)(C)NC(COCCC(=O)NCCCNC(=O)CCCCOC1OC(CO)C(O)C(O)C1O)(COCCC(=O)NCCCNC(=O)CCCCOC1OC(CO)C(O)C(O)C1O)COCCC(=O)NCCCNC(=O)CCCCOC(O)[C@H](O)CO. The number of carbonyl (C=O) groups excluding carboxylic acids is 6. The Morgan fingerprint density at radius 2 is 0.739 bits per heavy atom. The van der Waals surface area contributed by atoms with Crippen LogP contribution in [0.25, 0.3) is 0 Å². The molecule has 32 nitrogen and oxygen atoms in total. The summed E-state index contributed by atoms with van der Waals surface area (Å²) in [5.74, 6) is -1.48. The average Bonchev–Trinajstić information content (AvgIpc) is 1.49. The molecule has 18 N–H and O–H groups in total. The van der Waals surface area contributed by atoms with Crippen molar-refractivity contribution < 1.29 is 123 Å². The molecule has 0 aliphatic carbocycles. The van der Waals surface area contributed by atoms with Gasteiger partial charge < -0.3 is 131 Å². The molecule has 0 aromatic carbocycles. The fourth-order valence-electron chi connectivity index (χ4n) is 8.87. The predicted molar refractivity (Wildman–Crippen MR) is 310 cm³/mol. The number of carbonyl (C=O) groups is 6. The van der Waals surface area contributed by atoms with Crippen LogP contribution in [0.2, 0.25) is 0 Å². The molecular weight excluding hydrogens is 1170 g/mol. The Kier molecular flexibility index (Phi) is 42.0. The number of rotatable bonds is 50. The zero-order valence-electron chi connectivity index (χ0n) is 51.4. The fourth-order valence-corrected chi connectivity index (χ4v) is 8.87. The third-order valence-corrected chi connectivity index (χ3v) is 13.6. The minimum atomic E-state index is -1.55. The average molecular weight is 1280 g/mol. The van der Waals surface area contributed by atoms with E-state index in [1.54, 1.807) is 0 Å². The largest absolute Gasteiger partial charge is 0.394 e. The van der Waals surface area contributed by atoms with Crippen molar-refractivity contribution in [2.75, 3.05) is 119 Å². The molecule has 2 fully saturated rings. The third-order valence-electron chi connectivity index (χ3n) is 13.6. The third kappa shape index (κ3) is 35.0. The molecular formula is C56H105N7O25. The molecule has 2 saturated heterocycles. The maximum absolute atomic E-state index is 12.8. The van der Waals surface area contributed by atoms with E-state index in [1.165, 1.54) is 0 Å². The van der Waals surface area contributed by atoms with Crippen molar-refractivity contribution in [1.29, 1.82) is 0 Å². The van der Waals surface area contributed by atoms with E-state index in [9.17, 15) is 79.8 Å². The van der Waals surface area contributed by atoms with Gasteiger partial charge in [-0.3, -0.25) is 28.8 Å². The summed E-state index contributed by atoms with van der Waals surface area (Å²) in [7, 11) is 0. The summed E-state index contributed by atoms with van der Waals surface area (Å²) < 4.78 is 44.7. The van der Waals surface area contributed by atoms with Crippen LogP contribution >= 0.6 is 0 Å². The number of ether oxygens (including phenoxy) is 8. The number of aliphatic hydroxyl groups is 11. The molecule has 0 bridgehead atoms. The van der Waals surface area contributed by atoms with Crippen molar-refractivity contribution in [3.63, 3.8) is 0 Å². The summed E-state index contributed by atoms with van der Waals surface area (Å²) in [5, 5.41) is 126. The maximum Gasteiger partial charge on any atom is 0.222 e. The van der Waals surface area contributed by atoms with Crippen molar-refractivity contribution in [2.24, 2.45) is 0 Å². The molecule has 2 aliphatic heterocycles. The van der Waals surface area contributed by atoms with E-state index in [0.717, 1.165) is 0 Å². The monoisotopic (exact) mass is 1280 g/mol. The van der Waals surface area contributed by atoms with Crippen LogP contribution in [0.4, 0.5) is 0 Å². The van der Waals surface area contributed by atoms with E-state index in [1.807, 2.05) is 20.8 Å². The Hall–Kier alpha value is -3.98. The Labute approximate surface area is 514 Å². The summed E-state index contributed by atoms with van der Waals surface area (Å²) in [6.07, 6.45) is -12.0. The number of amides is 6. The summed E-state index contributed by atoms with van der Waals surface area (Å²) in [6, 6.07) is 0. The quantitative estimate of drug-likeness (QED) is 0.0199. The number of unbranched alkanes of at least 4 members (excludes halogenated alkanes) is 3. The van der Waals surface area contributed by atoms with Gasteiger partial charge in [-0.15, -0.1) is 0 Å². The van der Waals surface area contributed by atoms with Gasteiger partial charge in [-0.25, -0.2) is 0 Å². The van der Waals surface area contributed by atoms with Gasteiger partial charge in [0.1, 0.15) is 54.9 Å². The molecule has 12 atom stereocenters. The van der Waals surface area contributed by atoms with E-state index in [-0.39, 0.29) is 147 Å². The Morgan fingerprint density at radius 1 is 0.420 bits per heavy atom. The second kappa shape index (κ2) is 46.1. The standard InChI is InChI=1S/C56H105N7O25/c1-55(2,3)63-56(34-81-28-16-43(71)60-22-10-19-57-40(68)13-4-7-25-84-52(80)37(67)31-64,35-82-29-17-44(72)61-23-11-20-58-41(69)14-5-8-26-85-53-50(78)48(76)46(74)38(32-65)87-53)36-83-30-18-45(73)62-24-12-21-59-42(70)15-6-9-27-86-54-51(79)49(77)47(75)39(33-66)88-54/h37-39,46-54,63-67,74-80H,4-36H2,1-3H3,(H,57,68)(H,58,69)(H,59,70)(H,60,71)(H,61,72)(H,62,73)/t37-,38?,39?,46?,47?,48?,49?,50?,51?,52?,53?,54?,56?/m1/s1. The lowest BCUT2D eigenvalue weighted by molar-refractivity contribution is -0.301. The molecule has 2 rings (SSSR count). The molecule has 0 aromatic rings. The molecule has 0 aromatic heterocycles. The molecule has 514 valence electrons. The number of hydrogen-bond acceptors (Lipinski definition) is 26. The van der Waals surface area contributed by atoms with E-state index in [4.69, 9.17) is 43.0 Å². The van der Waals surface area contributed by atoms with E-state index in [0.29, 0.717) is 84.0 Å². The van der Waals surface area contributed by atoms with E-state index < -0.39 is 105 Å². The molecule has 6 amide bonds. The summed E-state index contributed by atoms with van der Waals surface area (Å²) >= 11 is 0. The van der Waals surface area contributed by atoms with Gasteiger partial charge in [0.15, 0.2) is 18.9 Å². The maximum atomic E-state index is 12.8. The molecule has 11 unspecified atom stereocenters. The van der Waals surface area contributed by atoms with Gasteiger partial charge >= 0.3 is 0 Å². The van der Waals surface area contributed by atoms with Crippen molar-refractivity contribution in [3.05, 3.63) is 0 Å². The van der Waals surface area contributed by atoms with Crippen molar-refractivity contribution in [2.45, 2.75) is 202 Å². The lowest BCUT2D eigenvalue weighted by Gasteiger charge is -2.40. The van der Waals surface area contributed by atoms with Crippen LogP contribution in [-0.2, 0) is 66.7 Å². The minimum Gasteiger partial charge on any atom is -0.394 e. The first-order valence-electron chi connectivity index (χ1n) is 30.5. The van der Waals surface area contributed by atoms with Gasteiger partial charge in [0, 0.05) is 103 Å². The molecule has 2 heterocycles. The highest BCUT2D eigenvalue weighted by Crippen LogP contribution is 2.24. The van der Waals surface area contributed by atoms with Crippen LogP contribution < -0.4 is 37.2 Å². The lowest BCUT2D eigenvalue weighted by atomic mass is 9.97. The number of nitrogens with one attached hydrogen (secondary N) is 7. The van der Waals surface area contributed by atoms with Crippen LogP contribution in [0.1, 0.15) is 117 Å². The van der Waals surface area contributed by atoms with Gasteiger partial charge in [0.25, 0.3) is 0 Å². The first-order chi connectivity index (χ1) is 42.0. The van der Waals surface area contributed by atoms with Gasteiger partial charge in [0.2, 0.25) is 35.4 Å². The Morgan fingerprint density at radius 3 is 1.05 bits per heavy atom. The fraction of sp³-hybridized carbons (Fsp3) is 0.893. The van der Waals surface area contributed by atoms with Crippen LogP contribution in [-0.4, -0.2) is 295 Å². The first kappa shape index (κ1) is 80.1. The molecule has 0 spiro atoms. The smallest absolute Gasteiger partial charge is 0.222 e. The lowest BCUT2D eigenvalue weighted by Crippen LogP contribution is -2.62. The number of hydrogen-bond donors (Lipinski definition) is 18. The second-order valence-corrected chi connectivity index (χ2v) is 22.7. The predicted octanol–water partition coefficient (Wildman–Crippen LogP) is -5.97. The van der Waals surface area contributed by atoms with E-state index >= 15 is 0 Å². The van der Waals surface area contributed by atoms with Crippen molar-refractivity contribution in [1.82, 2.24) is 37.2 Å². The first-order valence-corrected chi connectivity index (χ1v) is 30.5. The zero-order chi connectivity index (χ0) is 65.3. The van der Waals surface area contributed by atoms with Gasteiger partial charge in [-0.1, -0.05) is 0 Å². The summed E-state index contributed by atoms with van der Waals surface area (Å²) in [4.78, 5) is 75.2. The number of aliphatic hydroxyl groups excluding tert-OH is 11. The second-order valence-electron chi connectivity index (χ2n) is 22.7. The molecule has 2 aliphatic rings. The normalized spacial score (nSPS) is 23.5. The molecule has 0 radical (unpaired) electrons.